The lowest BCUT2D eigenvalue weighted by Gasteiger charge is -2.39. The van der Waals surface area contributed by atoms with Crippen molar-refractivity contribution in [2.24, 2.45) is 0 Å². The van der Waals surface area contributed by atoms with E-state index in [0.717, 1.165) is 23.3 Å². The van der Waals surface area contributed by atoms with Crippen molar-refractivity contribution in [1.82, 2.24) is 10.2 Å². The third-order valence-corrected chi connectivity index (χ3v) is 4.73. The van der Waals surface area contributed by atoms with Gasteiger partial charge in [-0.3, -0.25) is 0 Å². The average molecular weight is 368 g/mol. The van der Waals surface area contributed by atoms with Crippen molar-refractivity contribution in [1.29, 1.82) is 0 Å². The van der Waals surface area contributed by atoms with E-state index in [2.05, 4.69) is 17.4 Å². The zero-order chi connectivity index (χ0) is 19.6. The highest BCUT2D eigenvalue weighted by Crippen LogP contribution is 2.41. The predicted octanol–water partition coefficient (Wildman–Crippen LogP) is 4.16. The summed E-state index contributed by atoms with van der Waals surface area (Å²) < 4.78 is 11.0. The summed E-state index contributed by atoms with van der Waals surface area (Å²) in [6, 6.07) is 13.9. The molecule has 1 aliphatic heterocycles. The van der Waals surface area contributed by atoms with Gasteiger partial charge in [-0.15, -0.1) is 0 Å². The van der Waals surface area contributed by atoms with Crippen LogP contribution in [0.1, 0.15) is 43.5 Å². The van der Waals surface area contributed by atoms with Crippen LogP contribution in [0.2, 0.25) is 0 Å². The summed E-state index contributed by atoms with van der Waals surface area (Å²) >= 11 is 0. The predicted molar refractivity (Wildman–Crippen MR) is 107 cm³/mol. The third-order valence-electron chi connectivity index (χ3n) is 4.73. The summed E-state index contributed by atoms with van der Waals surface area (Å²) in [5.74, 6) is 1.39. The second-order valence-corrected chi connectivity index (χ2v) is 7.84. The number of urea groups is 1. The van der Waals surface area contributed by atoms with E-state index >= 15 is 0 Å². The van der Waals surface area contributed by atoms with Crippen molar-refractivity contribution in [3.8, 4) is 11.5 Å². The maximum atomic E-state index is 13.0. The SMILES string of the molecule is COc1cc2c(cc1OC)C(c1ccccc1)N(C(=O)NC(C)(C)C)CC2. The number of ether oxygens (including phenoxy) is 2. The number of amides is 2. The van der Waals surface area contributed by atoms with Gasteiger partial charge in [0.05, 0.1) is 20.3 Å². The van der Waals surface area contributed by atoms with Crippen LogP contribution in [-0.2, 0) is 6.42 Å². The molecule has 0 spiro atoms. The highest BCUT2D eigenvalue weighted by Gasteiger charge is 2.34. The lowest BCUT2D eigenvalue weighted by Crippen LogP contribution is -2.51. The van der Waals surface area contributed by atoms with Crippen LogP contribution < -0.4 is 14.8 Å². The molecule has 27 heavy (non-hydrogen) atoms. The van der Waals surface area contributed by atoms with Crippen molar-refractivity contribution in [2.45, 2.75) is 38.8 Å². The molecule has 1 N–H and O–H groups in total. The summed E-state index contributed by atoms with van der Waals surface area (Å²) in [5, 5.41) is 3.10. The number of fused-ring (bicyclic) bond motifs is 1. The summed E-state index contributed by atoms with van der Waals surface area (Å²) in [4.78, 5) is 15.0. The van der Waals surface area contributed by atoms with Crippen LogP contribution in [0, 0.1) is 0 Å². The van der Waals surface area contributed by atoms with Crippen LogP contribution in [0.25, 0.3) is 0 Å². The maximum absolute atomic E-state index is 13.0. The van der Waals surface area contributed by atoms with Crippen molar-refractivity contribution in [3.05, 3.63) is 59.2 Å². The molecule has 2 aromatic rings. The van der Waals surface area contributed by atoms with Gasteiger partial charge in [-0.1, -0.05) is 30.3 Å². The summed E-state index contributed by atoms with van der Waals surface area (Å²) in [6.45, 7) is 6.63. The van der Waals surface area contributed by atoms with Gasteiger partial charge in [0.1, 0.15) is 0 Å². The van der Waals surface area contributed by atoms with Crippen molar-refractivity contribution in [3.63, 3.8) is 0 Å². The summed E-state index contributed by atoms with van der Waals surface area (Å²) in [7, 11) is 3.28. The van der Waals surface area contributed by atoms with Gasteiger partial charge in [0.25, 0.3) is 0 Å². The number of hydrogen-bond donors (Lipinski definition) is 1. The number of carbonyl (C=O) groups excluding carboxylic acids is 1. The Hall–Kier alpha value is -2.69. The first kappa shape index (κ1) is 19.1. The molecular formula is C22H28N2O3. The highest BCUT2D eigenvalue weighted by molar-refractivity contribution is 5.77. The first-order valence-electron chi connectivity index (χ1n) is 9.22. The van der Waals surface area contributed by atoms with Crippen LogP contribution >= 0.6 is 0 Å². The fraction of sp³-hybridized carbons (Fsp3) is 0.409. The fourth-order valence-corrected chi connectivity index (χ4v) is 3.55. The molecular weight excluding hydrogens is 340 g/mol. The smallest absolute Gasteiger partial charge is 0.318 e. The lowest BCUT2D eigenvalue weighted by molar-refractivity contribution is 0.171. The molecule has 144 valence electrons. The Kier molecular flexibility index (Phi) is 5.31. The third kappa shape index (κ3) is 4.02. The number of benzene rings is 2. The molecule has 0 fully saturated rings. The number of carbonyl (C=O) groups is 1. The molecule has 5 nitrogen and oxygen atoms in total. The molecule has 0 aliphatic carbocycles. The Morgan fingerprint density at radius 1 is 1.07 bits per heavy atom. The molecule has 0 saturated heterocycles. The molecule has 1 atom stereocenters. The van der Waals surface area contributed by atoms with E-state index in [-0.39, 0.29) is 17.6 Å². The van der Waals surface area contributed by atoms with Crippen LogP contribution in [0.15, 0.2) is 42.5 Å². The molecule has 0 saturated carbocycles. The van der Waals surface area contributed by atoms with E-state index in [1.165, 1.54) is 5.56 Å². The number of hydrogen-bond acceptors (Lipinski definition) is 3. The number of methoxy groups -OCH3 is 2. The van der Waals surface area contributed by atoms with E-state index < -0.39 is 0 Å². The van der Waals surface area contributed by atoms with Crippen molar-refractivity contribution < 1.29 is 14.3 Å². The Labute approximate surface area is 161 Å². The Morgan fingerprint density at radius 3 is 2.30 bits per heavy atom. The van der Waals surface area contributed by atoms with Crippen LogP contribution in [0.5, 0.6) is 11.5 Å². The minimum Gasteiger partial charge on any atom is -0.493 e. The second-order valence-electron chi connectivity index (χ2n) is 7.84. The Bertz CT molecular complexity index is 812. The van der Waals surface area contributed by atoms with E-state index in [4.69, 9.17) is 9.47 Å². The maximum Gasteiger partial charge on any atom is 0.318 e. The van der Waals surface area contributed by atoms with E-state index in [1.54, 1.807) is 14.2 Å². The minimum absolute atomic E-state index is 0.0585. The quantitative estimate of drug-likeness (QED) is 0.885. The largest absolute Gasteiger partial charge is 0.493 e. The molecule has 1 unspecified atom stereocenters. The fourth-order valence-electron chi connectivity index (χ4n) is 3.55. The van der Waals surface area contributed by atoms with Crippen molar-refractivity contribution >= 4 is 6.03 Å². The molecule has 0 bridgehead atoms. The van der Waals surface area contributed by atoms with Crippen LogP contribution in [0.3, 0.4) is 0 Å². The lowest BCUT2D eigenvalue weighted by atomic mass is 9.87. The van der Waals surface area contributed by atoms with Crippen LogP contribution in [0.4, 0.5) is 4.79 Å². The van der Waals surface area contributed by atoms with Gasteiger partial charge in [0.2, 0.25) is 0 Å². The molecule has 1 aliphatic rings. The normalized spacial score (nSPS) is 16.5. The number of nitrogens with zero attached hydrogens (tertiary/aromatic N) is 1. The number of rotatable bonds is 3. The minimum atomic E-state index is -0.295. The van der Waals surface area contributed by atoms with Crippen molar-refractivity contribution in [2.75, 3.05) is 20.8 Å². The van der Waals surface area contributed by atoms with E-state index in [1.807, 2.05) is 56.0 Å². The molecule has 2 aromatic carbocycles. The van der Waals surface area contributed by atoms with Gasteiger partial charge >= 0.3 is 6.03 Å². The van der Waals surface area contributed by atoms with Gasteiger partial charge in [-0.05, 0) is 56.0 Å². The molecule has 1 heterocycles. The molecule has 5 heteroatoms. The van der Waals surface area contributed by atoms with Gasteiger partial charge in [-0.25, -0.2) is 4.79 Å². The second kappa shape index (κ2) is 7.51. The average Bonchev–Trinajstić information content (AvgIpc) is 2.65. The zero-order valence-electron chi connectivity index (χ0n) is 16.7. The van der Waals surface area contributed by atoms with Gasteiger partial charge in [0.15, 0.2) is 11.5 Å². The summed E-state index contributed by atoms with van der Waals surface area (Å²) in [6.07, 6.45) is 0.774. The number of nitrogens with one attached hydrogen (secondary N) is 1. The van der Waals surface area contributed by atoms with E-state index in [0.29, 0.717) is 12.3 Å². The molecule has 0 radical (unpaired) electrons. The van der Waals surface area contributed by atoms with E-state index in [9.17, 15) is 4.79 Å². The Balaban J connectivity index is 2.10. The van der Waals surface area contributed by atoms with Gasteiger partial charge < -0.3 is 19.7 Å². The first-order chi connectivity index (χ1) is 12.8. The molecule has 0 aromatic heterocycles. The topological polar surface area (TPSA) is 50.8 Å². The van der Waals surface area contributed by atoms with Crippen LogP contribution in [-0.4, -0.2) is 37.2 Å². The molecule has 2 amide bonds. The standard InChI is InChI=1S/C22H28N2O3/c1-22(2,3)23-21(25)24-12-11-16-13-18(26-4)19(27-5)14-17(16)20(24)15-9-7-6-8-10-15/h6-10,13-14,20H,11-12H2,1-5H3,(H,23,25). The van der Waals surface area contributed by atoms with Gasteiger partial charge in [0, 0.05) is 12.1 Å². The zero-order valence-corrected chi connectivity index (χ0v) is 16.7. The monoisotopic (exact) mass is 368 g/mol. The summed E-state index contributed by atoms with van der Waals surface area (Å²) in [5.41, 5.74) is 3.04. The highest BCUT2D eigenvalue weighted by atomic mass is 16.5. The molecule has 3 rings (SSSR count). The van der Waals surface area contributed by atoms with Gasteiger partial charge in [-0.2, -0.15) is 0 Å². The Morgan fingerprint density at radius 2 is 1.70 bits per heavy atom. The first-order valence-corrected chi connectivity index (χ1v) is 9.22.